The van der Waals surface area contributed by atoms with E-state index < -0.39 is 0 Å². The maximum Gasteiger partial charge on any atom is 0.269 e. The molecule has 0 aliphatic carbocycles. The maximum atomic E-state index is 12.4. The Morgan fingerprint density at radius 3 is 2.72 bits per heavy atom. The Hall–Kier alpha value is -1.91. The van der Waals surface area contributed by atoms with E-state index in [1.54, 1.807) is 0 Å². The number of para-hydroxylation sites is 1. The monoisotopic (exact) mass is 244 g/mol. The summed E-state index contributed by atoms with van der Waals surface area (Å²) in [6.07, 6.45) is 0. The number of anilines is 1. The van der Waals surface area contributed by atoms with Crippen molar-refractivity contribution in [3.8, 4) is 0 Å². The van der Waals surface area contributed by atoms with Crippen molar-refractivity contribution in [2.45, 2.75) is 38.4 Å². The van der Waals surface area contributed by atoms with E-state index in [4.69, 9.17) is 0 Å². The number of hydrogen-bond acceptors (Lipinski definition) is 4. The predicted molar refractivity (Wildman–Crippen MR) is 68.0 cm³/mol. The van der Waals surface area contributed by atoms with Gasteiger partial charge in [-0.05, 0) is 26.8 Å². The van der Waals surface area contributed by atoms with Crippen LogP contribution < -0.4 is 5.32 Å². The molecule has 2 atom stereocenters. The quantitative estimate of drug-likeness (QED) is 0.762. The summed E-state index contributed by atoms with van der Waals surface area (Å²) in [6.45, 7) is 5.85. The molecule has 1 amide bonds. The Bertz CT molecular complexity index is 532. The summed E-state index contributed by atoms with van der Waals surface area (Å²) in [6, 6.07) is 7.36. The molecule has 5 heteroatoms. The van der Waals surface area contributed by atoms with Gasteiger partial charge in [-0.2, -0.15) is 5.11 Å². The molecule has 0 spiro atoms. The largest absolute Gasteiger partial charge is 0.371 e. The Kier molecular flexibility index (Phi) is 2.20. The van der Waals surface area contributed by atoms with E-state index >= 15 is 0 Å². The standard InChI is InChI=1S/C13H16N4O/c1-13(2,3)17-12(18)11-10(15-16-17)8-6-4-5-7-9(8)14-11/h4-7,10-11,14H,1-3H3. The van der Waals surface area contributed by atoms with Crippen LogP contribution in [0.5, 0.6) is 0 Å². The first-order valence-corrected chi connectivity index (χ1v) is 6.09. The fourth-order valence-electron chi connectivity index (χ4n) is 2.39. The van der Waals surface area contributed by atoms with Gasteiger partial charge in [0, 0.05) is 11.3 Å². The first kappa shape index (κ1) is 11.2. The zero-order valence-corrected chi connectivity index (χ0v) is 10.7. The number of nitrogens with zero attached hydrogens (tertiary/aromatic N) is 3. The van der Waals surface area contributed by atoms with E-state index in [0.717, 1.165) is 11.3 Å². The molecular weight excluding hydrogens is 228 g/mol. The molecule has 0 saturated carbocycles. The highest BCUT2D eigenvalue weighted by molar-refractivity contribution is 5.89. The molecule has 0 saturated heterocycles. The summed E-state index contributed by atoms with van der Waals surface area (Å²) >= 11 is 0. The van der Waals surface area contributed by atoms with Crippen molar-refractivity contribution in [2.24, 2.45) is 10.3 Å². The summed E-state index contributed by atoms with van der Waals surface area (Å²) in [5, 5.41) is 13.1. The zero-order valence-electron chi connectivity index (χ0n) is 10.7. The van der Waals surface area contributed by atoms with Gasteiger partial charge in [-0.1, -0.05) is 23.4 Å². The Morgan fingerprint density at radius 2 is 2.00 bits per heavy atom. The Labute approximate surface area is 106 Å². The van der Waals surface area contributed by atoms with Crippen LogP contribution in [0, 0.1) is 0 Å². The van der Waals surface area contributed by atoms with Gasteiger partial charge in [-0.25, -0.2) is 5.01 Å². The molecule has 0 aromatic heterocycles. The number of nitrogens with one attached hydrogen (secondary N) is 1. The van der Waals surface area contributed by atoms with Crippen LogP contribution in [0.2, 0.25) is 0 Å². The van der Waals surface area contributed by atoms with Gasteiger partial charge in [0.1, 0.15) is 12.1 Å². The van der Waals surface area contributed by atoms with Crippen LogP contribution in [0.4, 0.5) is 5.69 Å². The average molecular weight is 244 g/mol. The molecule has 2 unspecified atom stereocenters. The van der Waals surface area contributed by atoms with Gasteiger partial charge >= 0.3 is 0 Å². The highest BCUT2D eigenvalue weighted by Crippen LogP contribution is 2.40. The average Bonchev–Trinajstić information content (AvgIpc) is 2.68. The maximum absolute atomic E-state index is 12.4. The fourth-order valence-corrected chi connectivity index (χ4v) is 2.39. The van der Waals surface area contributed by atoms with Gasteiger partial charge in [0.2, 0.25) is 0 Å². The topological polar surface area (TPSA) is 57.1 Å². The third-order valence-electron chi connectivity index (χ3n) is 3.28. The van der Waals surface area contributed by atoms with E-state index in [0.29, 0.717) is 0 Å². The molecule has 2 aliphatic heterocycles. The third kappa shape index (κ3) is 1.50. The van der Waals surface area contributed by atoms with Gasteiger partial charge in [0.25, 0.3) is 5.91 Å². The molecule has 0 radical (unpaired) electrons. The molecule has 3 rings (SSSR count). The summed E-state index contributed by atoms with van der Waals surface area (Å²) in [5.74, 6) is -0.0151. The minimum atomic E-state index is -0.345. The van der Waals surface area contributed by atoms with E-state index in [9.17, 15) is 4.79 Å². The smallest absolute Gasteiger partial charge is 0.269 e. The van der Waals surface area contributed by atoms with Crippen molar-refractivity contribution in [1.82, 2.24) is 5.01 Å². The molecule has 1 aromatic rings. The van der Waals surface area contributed by atoms with Crippen LogP contribution in [0.15, 0.2) is 34.6 Å². The second kappa shape index (κ2) is 3.54. The zero-order chi connectivity index (χ0) is 12.9. The normalized spacial score (nSPS) is 25.7. The van der Waals surface area contributed by atoms with Crippen molar-refractivity contribution in [1.29, 1.82) is 0 Å². The number of hydrogen-bond donors (Lipinski definition) is 1. The lowest BCUT2D eigenvalue weighted by Gasteiger charge is -2.35. The second-order valence-corrected chi connectivity index (χ2v) is 5.68. The van der Waals surface area contributed by atoms with Crippen molar-refractivity contribution < 1.29 is 4.79 Å². The Morgan fingerprint density at radius 1 is 1.28 bits per heavy atom. The molecule has 0 bridgehead atoms. The summed E-state index contributed by atoms with van der Waals surface area (Å²) in [5.41, 5.74) is 1.69. The molecule has 2 aliphatic rings. The first-order chi connectivity index (χ1) is 8.48. The fraction of sp³-hybridized carbons (Fsp3) is 0.462. The lowest BCUT2D eigenvalue weighted by molar-refractivity contribution is -0.139. The van der Waals surface area contributed by atoms with Gasteiger partial charge < -0.3 is 5.32 Å². The summed E-state index contributed by atoms with van der Waals surface area (Å²) in [4.78, 5) is 12.4. The lowest BCUT2D eigenvalue weighted by Crippen LogP contribution is -2.51. The van der Waals surface area contributed by atoms with Crippen LogP contribution in [0.3, 0.4) is 0 Å². The number of rotatable bonds is 0. The number of carbonyl (C=O) groups excluding carboxylic acids is 1. The highest BCUT2D eigenvalue weighted by atomic mass is 16.2. The minimum Gasteiger partial charge on any atom is -0.371 e. The van der Waals surface area contributed by atoms with Crippen LogP contribution >= 0.6 is 0 Å². The minimum absolute atomic E-state index is 0.0151. The summed E-state index contributed by atoms with van der Waals surface area (Å²) in [7, 11) is 0. The number of amides is 1. The van der Waals surface area contributed by atoms with Gasteiger partial charge in [-0.3, -0.25) is 4.79 Å². The van der Waals surface area contributed by atoms with Crippen molar-refractivity contribution in [2.75, 3.05) is 5.32 Å². The molecule has 5 nitrogen and oxygen atoms in total. The molecule has 1 N–H and O–H groups in total. The number of fused-ring (bicyclic) bond motifs is 3. The van der Waals surface area contributed by atoms with Crippen molar-refractivity contribution in [3.63, 3.8) is 0 Å². The molecule has 0 fully saturated rings. The molecule has 2 heterocycles. The van der Waals surface area contributed by atoms with E-state index in [1.807, 2.05) is 45.0 Å². The van der Waals surface area contributed by atoms with Gasteiger partial charge in [0.15, 0.2) is 0 Å². The van der Waals surface area contributed by atoms with Crippen molar-refractivity contribution in [3.05, 3.63) is 29.8 Å². The molecule has 18 heavy (non-hydrogen) atoms. The number of carbonyl (C=O) groups is 1. The van der Waals surface area contributed by atoms with E-state index in [2.05, 4.69) is 15.7 Å². The third-order valence-corrected chi connectivity index (χ3v) is 3.28. The van der Waals surface area contributed by atoms with Crippen LogP contribution in [0.25, 0.3) is 0 Å². The molecule has 94 valence electrons. The predicted octanol–water partition coefficient (Wildman–Crippen LogP) is 2.53. The van der Waals surface area contributed by atoms with E-state index in [-0.39, 0.29) is 23.5 Å². The van der Waals surface area contributed by atoms with Crippen LogP contribution in [0.1, 0.15) is 32.4 Å². The Balaban J connectivity index is 1.99. The van der Waals surface area contributed by atoms with Crippen LogP contribution in [-0.4, -0.2) is 22.5 Å². The van der Waals surface area contributed by atoms with E-state index in [1.165, 1.54) is 5.01 Å². The summed E-state index contributed by atoms with van der Waals surface area (Å²) < 4.78 is 0. The number of benzene rings is 1. The molecule has 1 aromatic carbocycles. The second-order valence-electron chi connectivity index (χ2n) is 5.68. The lowest BCUT2D eigenvalue weighted by atomic mass is 10.0. The van der Waals surface area contributed by atoms with Gasteiger partial charge in [0.05, 0.1) is 5.54 Å². The first-order valence-electron chi connectivity index (χ1n) is 6.09. The van der Waals surface area contributed by atoms with Gasteiger partial charge in [-0.15, -0.1) is 0 Å². The SMILES string of the molecule is CC(C)(C)N1N=NC2c3ccccc3NC2C1=O. The van der Waals surface area contributed by atoms with Crippen LogP contribution in [-0.2, 0) is 4.79 Å². The van der Waals surface area contributed by atoms with Crippen molar-refractivity contribution >= 4 is 11.6 Å². The molecular formula is C13H16N4O. The highest BCUT2D eigenvalue weighted by Gasteiger charge is 2.45.